The zero-order valence-corrected chi connectivity index (χ0v) is 14.8. The zero-order valence-electron chi connectivity index (χ0n) is 14.0. The Labute approximate surface area is 155 Å². The van der Waals surface area contributed by atoms with E-state index in [-0.39, 0.29) is 12.3 Å². The number of hydrogen-bond acceptors (Lipinski definition) is 4. The van der Waals surface area contributed by atoms with Crippen molar-refractivity contribution in [3.63, 3.8) is 0 Å². The molecule has 6 heteroatoms. The number of fused-ring (bicyclic) bond motifs is 1. The van der Waals surface area contributed by atoms with Gasteiger partial charge in [0.2, 0.25) is 0 Å². The summed E-state index contributed by atoms with van der Waals surface area (Å²) in [4.78, 5) is 27.2. The Morgan fingerprint density at radius 2 is 1.96 bits per heavy atom. The lowest BCUT2D eigenvalue weighted by Gasteiger charge is -2.05. The number of hydrogen-bond donors (Lipinski definition) is 2. The summed E-state index contributed by atoms with van der Waals surface area (Å²) >= 11 is 1.62. The number of para-hydroxylation sites is 1. The van der Waals surface area contributed by atoms with E-state index in [0.29, 0.717) is 18.5 Å². The van der Waals surface area contributed by atoms with Gasteiger partial charge in [-0.05, 0) is 42.3 Å². The van der Waals surface area contributed by atoms with E-state index in [1.807, 2.05) is 48.6 Å². The molecule has 1 heterocycles. The van der Waals surface area contributed by atoms with Crippen molar-refractivity contribution in [3.05, 3.63) is 64.7 Å². The molecule has 0 unspecified atom stereocenters. The number of nitrogens with one attached hydrogen (secondary N) is 1. The van der Waals surface area contributed by atoms with Crippen LogP contribution in [-0.4, -0.2) is 28.5 Å². The highest BCUT2D eigenvalue weighted by atomic mass is 32.1. The van der Waals surface area contributed by atoms with E-state index in [2.05, 4.69) is 10.3 Å². The third-order valence-electron chi connectivity index (χ3n) is 3.73. The summed E-state index contributed by atoms with van der Waals surface area (Å²) in [6, 6.07) is 15.3. The molecule has 0 saturated carbocycles. The second-order valence-corrected chi connectivity index (χ2v) is 6.79. The van der Waals surface area contributed by atoms with Crippen molar-refractivity contribution >= 4 is 45.6 Å². The molecular weight excluding hydrogens is 348 g/mol. The number of amides is 1. The molecule has 3 rings (SSSR count). The Bertz CT molecular complexity index is 929. The number of carbonyl (C=O) groups is 2. The monoisotopic (exact) mass is 366 g/mol. The predicted octanol–water partition coefficient (Wildman–Crippen LogP) is 4.06. The van der Waals surface area contributed by atoms with Gasteiger partial charge in [0.05, 0.1) is 10.2 Å². The molecule has 1 amide bonds. The fourth-order valence-electron chi connectivity index (χ4n) is 2.46. The van der Waals surface area contributed by atoms with Gasteiger partial charge >= 0.3 is 5.97 Å². The van der Waals surface area contributed by atoms with Crippen molar-refractivity contribution in [3.8, 4) is 0 Å². The minimum atomic E-state index is -0.860. The van der Waals surface area contributed by atoms with Crippen molar-refractivity contribution in [2.75, 3.05) is 6.54 Å². The van der Waals surface area contributed by atoms with Gasteiger partial charge in [0, 0.05) is 18.5 Å². The molecule has 2 N–H and O–H groups in total. The molecule has 0 aliphatic rings. The summed E-state index contributed by atoms with van der Waals surface area (Å²) in [5.41, 5.74) is 2.43. The van der Waals surface area contributed by atoms with Crippen LogP contribution in [0.3, 0.4) is 0 Å². The van der Waals surface area contributed by atoms with Crippen molar-refractivity contribution < 1.29 is 14.7 Å². The summed E-state index contributed by atoms with van der Waals surface area (Å²) in [5.74, 6) is -1.06. The standard InChI is InChI=1S/C20H18N2O3S/c23-19(24)9-4-12-21-20(25)15-6-3-5-14(13-15)10-11-18-22-16-7-1-2-8-17(16)26-18/h1-3,5-8,10-11,13H,4,9,12H2,(H,21,25)(H,23,24). The largest absolute Gasteiger partial charge is 0.481 e. The van der Waals surface area contributed by atoms with Crippen molar-refractivity contribution in [1.29, 1.82) is 0 Å². The number of benzene rings is 2. The summed E-state index contributed by atoms with van der Waals surface area (Å²) in [5, 5.41) is 12.3. The number of aromatic nitrogens is 1. The molecule has 1 aromatic heterocycles. The quantitative estimate of drug-likeness (QED) is 0.618. The first kappa shape index (κ1) is 17.8. The number of carboxylic acids is 1. The average Bonchev–Trinajstić information content (AvgIpc) is 3.06. The maximum Gasteiger partial charge on any atom is 0.303 e. The number of nitrogens with zero attached hydrogens (tertiary/aromatic N) is 1. The van der Waals surface area contributed by atoms with Crippen LogP contribution in [0.2, 0.25) is 0 Å². The normalized spacial score (nSPS) is 11.1. The molecule has 0 aliphatic carbocycles. The minimum Gasteiger partial charge on any atom is -0.481 e. The van der Waals surface area contributed by atoms with Crippen molar-refractivity contribution in [1.82, 2.24) is 10.3 Å². The Balaban J connectivity index is 1.64. The van der Waals surface area contributed by atoms with Gasteiger partial charge in [-0.1, -0.05) is 30.3 Å². The molecule has 2 aromatic carbocycles. The molecule has 0 saturated heterocycles. The molecule has 132 valence electrons. The maximum absolute atomic E-state index is 12.1. The van der Waals surface area contributed by atoms with Crippen LogP contribution in [0.5, 0.6) is 0 Å². The molecule has 0 atom stereocenters. The lowest BCUT2D eigenvalue weighted by atomic mass is 10.1. The van der Waals surface area contributed by atoms with Crippen molar-refractivity contribution in [2.45, 2.75) is 12.8 Å². The van der Waals surface area contributed by atoms with Gasteiger partial charge in [-0.3, -0.25) is 9.59 Å². The van der Waals surface area contributed by atoms with E-state index in [9.17, 15) is 9.59 Å². The van der Waals surface area contributed by atoms with Crippen LogP contribution in [0.15, 0.2) is 48.5 Å². The molecule has 0 aliphatic heterocycles. The molecule has 0 fully saturated rings. The van der Waals surface area contributed by atoms with E-state index in [4.69, 9.17) is 5.11 Å². The fourth-order valence-corrected chi connectivity index (χ4v) is 3.33. The van der Waals surface area contributed by atoms with Crippen LogP contribution in [0.4, 0.5) is 0 Å². The fraction of sp³-hybridized carbons (Fsp3) is 0.150. The summed E-state index contributed by atoms with van der Waals surface area (Å²) in [6.07, 6.45) is 4.33. The first-order chi connectivity index (χ1) is 12.6. The Kier molecular flexibility index (Phi) is 5.76. The van der Waals surface area contributed by atoms with Crippen molar-refractivity contribution in [2.24, 2.45) is 0 Å². The summed E-state index contributed by atoms with van der Waals surface area (Å²) < 4.78 is 1.14. The van der Waals surface area contributed by atoms with Gasteiger partial charge in [-0.2, -0.15) is 0 Å². The van der Waals surface area contributed by atoms with E-state index in [1.54, 1.807) is 23.5 Å². The van der Waals surface area contributed by atoms with Crippen LogP contribution in [-0.2, 0) is 4.79 Å². The van der Waals surface area contributed by atoms with Gasteiger partial charge in [-0.25, -0.2) is 4.98 Å². The lowest BCUT2D eigenvalue weighted by Crippen LogP contribution is -2.24. The molecule has 5 nitrogen and oxygen atoms in total. The van der Waals surface area contributed by atoms with Gasteiger partial charge in [-0.15, -0.1) is 11.3 Å². The summed E-state index contributed by atoms with van der Waals surface area (Å²) in [6.45, 7) is 0.344. The molecule has 3 aromatic rings. The first-order valence-electron chi connectivity index (χ1n) is 8.25. The topological polar surface area (TPSA) is 79.3 Å². The maximum atomic E-state index is 12.1. The SMILES string of the molecule is O=C(O)CCCNC(=O)c1cccc(C=Cc2nc3ccccc3s2)c1. The Hall–Kier alpha value is -2.99. The first-order valence-corrected chi connectivity index (χ1v) is 9.07. The van der Waals surface area contributed by atoms with Gasteiger partial charge in [0.15, 0.2) is 0 Å². The lowest BCUT2D eigenvalue weighted by molar-refractivity contribution is -0.137. The number of thiazole rings is 1. The predicted molar refractivity (Wildman–Crippen MR) is 104 cm³/mol. The van der Waals surface area contributed by atoms with Gasteiger partial charge < -0.3 is 10.4 Å². The third kappa shape index (κ3) is 4.77. The minimum absolute atomic E-state index is 0.0468. The Morgan fingerprint density at radius 1 is 1.12 bits per heavy atom. The third-order valence-corrected chi connectivity index (χ3v) is 4.73. The number of carboxylic acid groups (broad SMARTS) is 1. The second-order valence-electron chi connectivity index (χ2n) is 5.73. The number of rotatable bonds is 7. The highest BCUT2D eigenvalue weighted by molar-refractivity contribution is 7.19. The van der Waals surface area contributed by atoms with Gasteiger partial charge in [0.25, 0.3) is 5.91 Å². The smallest absolute Gasteiger partial charge is 0.303 e. The molecule has 0 spiro atoms. The van der Waals surface area contributed by atoms with E-state index in [1.165, 1.54) is 0 Å². The molecule has 26 heavy (non-hydrogen) atoms. The molecule has 0 bridgehead atoms. The number of aliphatic carboxylic acids is 1. The highest BCUT2D eigenvalue weighted by Gasteiger charge is 2.06. The zero-order chi connectivity index (χ0) is 18.4. The van der Waals surface area contributed by atoms with Crippen LogP contribution in [0.25, 0.3) is 22.4 Å². The number of carbonyl (C=O) groups excluding carboxylic acids is 1. The highest BCUT2D eigenvalue weighted by Crippen LogP contribution is 2.23. The average molecular weight is 366 g/mol. The van der Waals surface area contributed by atoms with E-state index >= 15 is 0 Å². The summed E-state index contributed by atoms with van der Waals surface area (Å²) in [7, 11) is 0. The van der Waals surface area contributed by atoms with Gasteiger partial charge in [0.1, 0.15) is 5.01 Å². The van der Waals surface area contributed by atoms with Crippen LogP contribution in [0, 0.1) is 0 Å². The van der Waals surface area contributed by atoms with Crippen LogP contribution >= 0.6 is 11.3 Å². The molecule has 0 radical (unpaired) electrons. The van der Waals surface area contributed by atoms with Crippen LogP contribution in [0.1, 0.15) is 33.8 Å². The second kappa shape index (κ2) is 8.40. The molecular formula is C20H18N2O3S. The van der Waals surface area contributed by atoms with E-state index in [0.717, 1.165) is 20.8 Å². The van der Waals surface area contributed by atoms with Crippen LogP contribution < -0.4 is 5.32 Å². The van der Waals surface area contributed by atoms with E-state index < -0.39 is 5.97 Å². The Morgan fingerprint density at radius 3 is 2.77 bits per heavy atom.